The second kappa shape index (κ2) is 5.51. The molecule has 0 aliphatic carbocycles. The quantitative estimate of drug-likeness (QED) is 0.840. The highest BCUT2D eigenvalue weighted by Crippen LogP contribution is 2.21. The Kier molecular flexibility index (Phi) is 3.78. The molecule has 0 unspecified atom stereocenters. The molecule has 0 radical (unpaired) electrons. The molecule has 2 rings (SSSR count). The number of nitriles is 1. The Labute approximate surface area is 104 Å². The van der Waals surface area contributed by atoms with E-state index in [2.05, 4.69) is 34.2 Å². The lowest BCUT2D eigenvalue weighted by Gasteiger charge is -1.99. The molecule has 0 aliphatic heterocycles. The smallest absolute Gasteiger partial charge is 0.181 e. The summed E-state index contributed by atoms with van der Waals surface area (Å²) < 4.78 is 0. The molecule has 1 heterocycles. The summed E-state index contributed by atoms with van der Waals surface area (Å²) in [5.74, 6) is 2.31. The molecule has 2 aromatic rings. The summed E-state index contributed by atoms with van der Waals surface area (Å²) in [6.45, 7) is 2.13. The van der Waals surface area contributed by atoms with Crippen LogP contribution in [0, 0.1) is 11.3 Å². The van der Waals surface area contributed by atoms with Gasteiger partial charge in [-0.15, -0.1) is 11.8 Å². The van der Waals surface area contributed by atoms with Crippen molar-refractivity contribution >= 4 is 11.8 Å². The number of thioether (sulfide) groups is 1. The van der Waals surface area contributed by atoms with E-state index >= 15 is 0 Å². The monoisotopic (exact) mass is 244 g/mol. The Morgan fingerprint density at radius 3 is 2.76 bits per heavy atom. The van der Waals surface area contributed by atoms with Crippen LogP contribution in [0.2, 0.25) is 0 Å². The molecule has 0 aliphatic rings. The Bertz CT molecular complexity index is 524. The van der Waals surface area contributed by atoms with Crippen molar-refractivity contribution in [3.8, 4) is 17.5 Å². The van der Waals surface area contributed by atoms with Crippen molar-refractivity contribution in [2.75, 3.05) is 5.75 Å². The average Bonchev–Trinajstić information content (AvgIpc) is 2.80. The zero-order chi connectivity index (χ0) is 12.1. The summed E-state index contributed by atoms with van der Waals surface area (Å²) in [6, 6.07) is 10.2. The van der Waals surface area contributed by atoms with Crippen molar-refractivity contribution in [1.82, 2.24) is 15.2 Å². The molecule has 86 valence electrons. The summed E-state index contributed by atoms with van der Waals surface area (Å²) >= 11 is 1.80. The highest BCUT2D eigenvalue weighted by molar-refractivity contribution is 7.99. The molecule has 1 aromatic carbocycles. The van der Waals surface area contributed by atoms with E-state index in [0.29, 0.717) is 11.6 Å². The first kappa shape index (κ1) is 11.7. The maximum Gasteiger partial charge on any atom is 0.181 e. The van der Waals surface area contributed by atoms with Gasteiger partial charge < -0.3 is 0 Å². The van der Waals surface area contributed by atoms with E-state index in [4.69, 9.17) is 5.26 Å². The van der Waals surface area contributed by atoms with Crippen LogP contribution in [0.15, 0.2) is 29.2 Å². The van der Waals surface area contributed by atoms with Crippen LogP contribution in [0.25, 0.3) is 11.4 Å². The van der Waals surface area contributed by atoms with Gasteiger partial charge in [0.1, 0.15) is 5.82 Å². The van der Waals surface area contributed by atoms with Gasteiger partial charge in [0.25, 0.3) is 0 Å². The lowest BCUT2D eigenvalue weighted by Crippen LogP contribution is -1.84. The molecule has 17 heavy (non-hydrogen) atoms. The summed E-state index contributed by atoms with van der Waals surface area (Å²) in [4.78, 5) is 5.49. The van der Waals surface area contributed by atoms with Gasteiger partial charge in [0.15, 0.2) is 5.82 Å². The van der Waals surface area contributed by atoms with Crippen LogP contribution in [-0.2, 0) is 6.42 Å². The van der Waals surface area contributed by atoms with Gasteiger partial charge in [-0.05, 0) is 17.9 Å². The number of benzene rings is 1. The Balaban J connectivity index is 2.18. The van der Waals surface area contributed by atoms with Crippen LogP contribution >= 0.6 is 11.8 Å². The second-order valence-corrected chi connectivity index (χ2v) is 4.74. The zero-order valence-corrected chi connectivity index (χ0v) is 10.3. The van der Waals surface area contributed by atoms with Gasteiger partial charge in [-0.3, -0.25) is 5.10 Å². The van der Waals surface area contributed by atoms with Crippen molar-refractivity contribution < 1.29 is 0 Å². The van der Waals surface area contributed by atoms with E-state index in [1.54, 1.807) is 11.8 Å². The predicted octanol–water partition coefficient (Wildman–Crippen LogP) is 2.65. The molecular formula is C12H12N4S. The van der Waals surface area contributed by atoms with Crippen LogP contribution in [0.5, 0.6) is 0 Å². The number of hydrogen-bond acceptors (Lipinski definition) is 4. The van der Waals surface area contributed by atoms with Crippen LogP contribution in [0.3, 0.4) is 0 Å². The summed E-state index contributed by atoms with van der Waals surface area (Å²) in [7, 11) is 0. The third-order valence-corrected chi connectivity index (χ3v) is 3.10. The molecule has 5 heteroatoms. The molecule has 0 bridgehead atoms. The standard InChI is InChI=1S/C12H12N4S/c1-2-17-10-5-3-9(4-6-10)12-14-11(7-8-13)15-16-12/h3-6H,2,7H2,1H3,(H,14,15,16). The highest BCUT2D eigenvalue weighted by Gasteiger charge is 2.05. The number of rotatable bonds is 4. The topological polar surface area (TPSA) is 65.4 Å². The maximum atomic E-state index is 8.55. The van der Waals surface area contributed by atoms with Crippen molar-refractivity contribution in [2.24, 2.45) is 0 Å². The summed E-state index contributed by atoms with van der Waals surface area (Å²) in [5, 5.41) is 15.4. The minimum absolute atomic E-state index is 0.261. The minimum atomic E-state index is 0.261. The number of hydrogen-bond donors (Lipinski definition) is 1. The molecule has 0 fully saturated rings. The van der Waals surface area contributed by atoms with Crippen LogP contribution < -0.4 is 0 Å². The number of nitrogens with one attached hydrogen (secondary N) is 1. The SMILES string of the molecule is CCSc1ccc(-c2n[nH]c(CC#N)n2)cc1. The largest absolute Gasteiger partial charge is 0.262 e. The molecule has 0 amide bonds. The van der Waals surface area contributed by atoms with Gasteiger partial charge >= 0.3 is 0 Å². The van der Waals surface area contributed by atoms with E-state index in [-0.39, 0.29) is 6.42 Å². The van der Waals surface area contributed by atoms with Gasteiger partial charge in [0.2, 0.25) is 0 Å². The van der Waals surface area contributed by atoms with E-state index in [1.807, 2.05) is 18.2 Å². The van der Waals surface area contributed by atoms with Gasteiger partial charge in [0, 0.05) is 10.5 Å². The fraction of sp³-hybridized carbons (Fsp3) is 0.250. The van der Waals surface area contributed by atoms with Crippen LogP contribution in [0.1, 0.15) is 12.7 Å². The number of nitrogens with zero attached hydrogens (tertiary/aromatic N) is 3. The van der Waals surface area contributed by atoms with E-state index in [9.17, 15) is 0 Å². The van der Waals surface area contributed by atoms with Gasteiger partial charge in [-0.2, -0.15) is 10.4 Å². The van der Waals surface area contributed by atoms with Crippen molar-refractivity contribution in [3.05, 3.63) is 30.1 Å². The fourth-order valence-corrected chi connectivity index (χ4v) is 2.11. The van der Waals surface area contributed by atoms with Gasteiger partial charge in [-0.25, -0.2) is 4.98 Å². The summed E-state index contributed by atoms with van der Waals surface area (Å²) in [5.41, 5.74) is 0.964. The van der Waals surface area contributed by atoms with Crippen molar-refractivity contribution in [2.45, 2.75) is 18.2 Å². The molecular weight excluding hydrogens is 232 g/mol. The first-order chi connectivity index (χ1) is 8.33. The number of aromatic amines is 1. The highest BCUT2D eigenvalue weighted by atomic mass is 32.2. The Hall–Kier alpha value is -1.80. The molecule has 0 atom stereocenters. The van der Waals surface area contributed by atoms with Crippen LogP contribution in [0.4, 0.5) is 0 Å². The third-order valence-electron chi connectivity index (χ3n) is 2.20. The molecule has 0 spiro atoms. The molecule has 1 aromatic heterocycles. The first-order valence-corrected chi connectivity index (χ1v) is 6.33. The first-order valence-electron chi connectivity index (χ1n) is 5.35. The van der Waals surface area contributed by atoms with Crippen LogP contribution in [-0.4, -0.2) is 20.9 Å². The molecule has 0 saturated carbocycles. The molecule has 1 N–H and O–H groups in total. The zero-order valence-electron chi connectivity index (χ0n) is 9.47. The fourth-order valence-electron chi connectivity index (χ4n) is 1.45. The Morgan fingerprint density at radius 1 is 1.35 bits per heavy atom. The third kappa shape index (κ3) is 2.86. The van der Waals surface area contributed by atoms with Gasteiger partial charge in [0.05, 0.1) is 12.5 Å². The molecule has 0 saturated heterocycles. The average molecular weight is 244 g/mol. The molecule has 4 nitrogen and oxygen atoms in total. The predicted molar refractivity (Wildman–Crippen MR) is 67.5 cm³/mol. The lowest BCUT2D eigenvalue weighted by atomic mass is 10.2. The lowest BCUT2D eigenvalue weighted by molar-refractivity contribution is 0.996. The Morgan fingerprint density at radius 2 is 2.12 bits per heavy atom. The van der Waals surface area contributed by atoms with Gasteiger partial charge in [-0.1, -0.05) is 19.1 Å². The van der Waals surface area contributed by atoms with E-state index in [1.165, 1.54) is 4.90 Å². The number of aromatic nitrogens is 3. The second-order valence-electron chi connectivity index (χ2n) is 3.40. The summed E-state index contributed by atoms with van der Waals surface area (Å²) in [6.07, 6.45) is 0.261. The van der Waals surface area contributed by atoms with Crippen molar-refractivity contribution in [1.29, 1.82) is 5.26 Å². The normalized spacial score (nSPS) is 10.1. The van der Waals surface area contributed by atoms with E-state index in [0.717, 1.165) is 11.3 Å². The van der Waals surface area contributed by atoms with E-state index < -0.39 is 0 Å². The number of H-pyrrole nitrogens is 1. The minimum Gasteiger partial charge on any atom is -0.262 e. The maximum absolute atomic E-state index is 8.55. The van der Waals surface area contributed by atoms with Crippen molar-refractivity contribution in [3.63, 3.8) is 0 Å².